The second kappa shape index (κ2) is 6.85. The molecule has 0 radical (unpaired) electrons. The molecule has 0 fully saturated rings. The Labute approximate surface area is 89.0 Å². The summed E-state index contributed by atoms with van der Waals surface area (Å²) in [5.74, 6) is 1.03. The minimum atomic E-state index is -0.970. The fourth-order valence-electron chi connectivity index (χ4n) is 0.950. The van der Waals surface area contributed by atoms with E-state index >= 15 is 0 Å². The summed E-state index contributed by atoms with van der Waals surface area (Å²) in [4.78, 5) is 21.6. The molecule has 0 bridgehead atoms. The van der Waals surface area contributed by atoms with Crippen LogP contribution in [0.2, 0.25) is 0 Å². The molecule has 0 saturated heterocycles. The third-order valence-electron chi connectivity index (χ3n) is 1.93. The van der Waals surface area contributed by atoms with Gasteiger partial charge in [-0.15, -0.1) is 6.42 Å². The lowest BCUT2D eigenvalue weighted by Gasteiger charge is -2.14. The van der Waals surface area contributed by atoms with Crippen molar-refractivity contribution < 1.29 is 14.7 Å². The van der Waals surface area contributed by atoms with Crippen LogP contribution in [0.3, 0.4) is 0 Å². The van der Waals surface area contributed by atoms with Crippen molar-refractivity contribution in [1.82, 2.24) is 5.32 Å². The highest BCUT2D eigenvalue weighted by atomic mass is 16.4. The van der Waals surface area contributed by atoms with Crippen LogP contribution in [0.1, 0.15) is 26.2 Å². The first-order valence-electron chi connectivity index (χ1n) is 4.75. The molecule has 2 unspecified atom stereocenters. The van der Waals surface area contributed by atoms with E-state index in [2.05, 4.69) is 11.2 Å². The molecule has 1 amide bonds. The number of carbonyl (C=O) groups excluding carboxylic acids is 1. The number of carbonyl (C=O) groups is 2. The number of hydrogen-bond acceptors (Lipinski definition) is 3. The van der Waals surface area contributed by atoms with Crippen LogP contribution in [0.5, 0.6) is 0 Å². The number of nitrogens with one attached hydrogen (secondary N) is 1. The van der Waals surface area contributed by atoms with E-state index in [9.17, 15) is 9.59 Å². The van der Waals surface area contributed by atoms with Crippen molar-refractivity contribution in [3.05, 3.63) is 0 Å². The molecule has 0 rings (SSSR count). The van der Waals surface area contributed by atoms with Crippen LogP contribution < -0.4 is 11.1 Å². The topological polar surface area (TPSA) is 92.4 Å². The molecule has 0 aliphatic rings. The number of hydrogen-bond donors (Lipinski definition) is 3. The summed E-state index contributed by atoms with van der Waals surface area (Å²) in [6, 6.07) is -1.16. The zero-order chi connectivity index (χ0) is 11.8. The summed E-state index contributed by atoms with van der Waals surface area (Å²) in [6.45, 7) is 1.84. The maximum absolute atomic E-state index is 11.4. The average Bonchev–Trinajstić information content (AvgIpc) is 2.21. The van der Waals surface area contributed by atoms with Crippen LogP contribution >= 0.6 is 0 Å². The van der Waals surface area contributed by atoms with Gasteiger partial charge in [0.15, 0.2) is 0 Å². The van der Waals surface area contributed by atoms with E-state index in [-0.39, 0.29) is 18.9 Å². The largest absolute Gasteiger partial charge is 0.481 e. The number of carboxylic acids is 1. The highest BCUT2D eigenvalue weighted by Crippen LogP contribution is 1.96. The lowest BCUT2D eigenvalue weighted by Crippen LogP contribution is -2.44. The predicted molar refractivity (Wildman–Crippen MR) is 55.9 cm³/mol. The van der Waals surface area contributed by atoms with Gasteiger partial charge in [0.2, 0.25) is 5.91 Å². The van der Waals surface area contributed by atoms with E-state index in [0.29, 0.717) is 6.42 Å². The molecule has 84 valence electrons. The lowest BCUT2D eigenvalue weighted by molar-refractivity contribution is -0.137. The molecular formula is C10H16N2O3. The van der Waals surface area contributed by atoms with E-state index in [4.69, 9.17) is 17.3 Å². The maximum atomic E-state index is 11.4. The van der Waals surface area contributed by atoms with Crippen LogP contribution in [0.4, 0.5) is 0 Å². The summed E-state index contributed by atoms with van der Waals surface area (Å²) in [5, 5.41) is 10.9. The van der Waals surface area contributed by atoms with E-state index in [1.54, 1.807) is 0 Å². The Balaban J connectivity index is 3.99. The van der Waals surface area contributed by atoms with E-state index in [1.807, 2.05) is 6.92 Å². The Hall–Kier alpha value is -1.54. The Morgan fingerprint density at radius 1 is 1.60 bits per heavy atom. The molecule has 0 aliphatic heterocycles. The normalized spacial score (nSPS) is 13.7. The lowest BCUT2D eigenvalue weighted by atomic mass is 10.1. The fourth-order valence-corrected chi connectivity index (χ4v) is 0.950. The summed E-state index contributed by atoms with van der Waals surface area (Å²) >= 11 is 0. The van der Waals surface area contributed by atoms with Crippen molar-refractivity contribution in [2.24, 2.45) is 5.73 Å². The van der Waals surface area contributed by atoms with Gasteiger partial charge in [0.05, 0.1) is 12.1 Å². The Morgan fingerprint density at radius 2 is 2.20 bits per heavy atom. The van der Waals surface area contributed by atoms with Crippen molar-refractivity contribution in [3.63, 3.8) is 0 Å². The summed E-state index contributed by atoms with van der Waals surface area (Å²) in [7, 11) is 0. The first-order valence-corrected chi connectivity index (χ1v) is 4.75. The monoisotopic (exact) mass is 212 g/mol. The van der Waals surface area contributed by atoms with Crippen LogP contribution in [-0.2, 0) is 9.59 Å². The summed E-state index contributed by atoms with van der Waals surface area (Å²) in [5.41, 5.74) is 5.48. The number of aliphatic carboxylic acids is 1. The number of rotatable bonds is 6. The Bertz CT molecular complexity index is 270. The molecule has 0 aromatic carbocycles. The first kappa shape index (κ1) is 13.5. The highest BCUT2D eigenvalue weighted by molar-refractivity contribution is 5.82. The SMILES string of the molecule is C#CC(CC)NC(=O)C(N)CCC(=O)O. The summed E-state index contributed by atoms with van der Waals surface area (Å²) in [6.07, 6.45) is 5.76. The molecule has 5 nitrogen and oxygen atoms in total. The van der Waals surface area contributed by atoms with Crippen LogP contribution in [0, 0.1) is 12.3 Å². The van der Waals surface area contributed by atoms with Crippen LogP contribution in [0.15, 0.2) is 0 Å². The zero-order valence-electron chi connectivity index (χ0n) is 8.69. The van der Waals surface area contributed by atoms with Gasteiger partial charge in [-0.1, -0.05) is 12.8 Å². The molecule has 5 heteroatoms. The van der Waals surface area contributed by atoms with Gasteiger partial charge in [-0.2, -0.15) is 0 Å². The van der Waals surface area contributed by atoms with Gasteiger partial charge < -0.3 is 16.2 Å². The molecule has 0 spiro atoms. The quantitative estimate of drug-likeness (QED) is 0.527. The molecule has 0 aliphatic carbocycles. The third-order valence-corrected chi connectivity index (χ3v) is 1.93. The predicted octanol–water partition coefficient (Wildman–Crippen LogP) is -0.293. The van der Waals surface area contributed by atoms with Gasteiger partial charge in [-0.3, -0.25) is 9.59 Å². The highest BCUT2D eigenvalue weighted by Gasteiger charge is 2.16. The molecule has 2 atom stereocenters. The number of amides is 1. The number of carboxylic acid groups (broad SMARTS) is 1. The minimum absolute atomic E-state index is 0.113. The Kier molecular flexibility index (Phi) is 6.14. The van der Waals surface area contributed by atoms with Crippen molar-refractivity contribution >= 4 is 11.9 Å². The van der Waals surface area contributed by atoms with Crippen molar-refractivity contribution in [2.75, 3.05) is 0 Å². The minimum Gasteiger partial charge on any atom is -0.481 e. The van der Waals surface area contributed by atoms with Gasteiger partial charge in [0.1, 0.15) is 0 Å². The Morgan fingerprint density at radius 3 is 2.60 bits per heavy atom. The van der Waals surface area contributed by atoms with Gasteiger partial charge in [-0.25, -0.2) is 0 Å². The van der Waals surface area contributed by atoms with Gasteiger partial charge in [-0.05, 0) is 12.8 Å². The zero-order valence-corrected chi connectivity index (χ0v) is 8.69. The molecule has 0 heterocycles. The average molecular weight is 212 g/mol. The molecule has 4 N–H and O–H groups in total. The van der Waals surface area contributed by atoms with Gasteiger partial charge in [0, 0.05) is 6.42 Å². The smallest absolute Gasteiger partial charge is 0.303 e. The van der Waals surface area contributed by atoms with E-state index < -0.39 is 17.9 Å². The number of nitrogens with two attached hydrogens (primary N) is 1. The molecule has 0 saturated carbocycles. The fraction of sp³-hybridized carbons (Fsp3) is 0.600. The van der Waals surface area contributed by atoms with Gasteiger partial charge in [0.25, 0.3) is 0 Å². The molecule has 15 heavy (non-hydrogen) atoms. The standard InChI is InChI=1S/C10H16N2O3/c1-3-7(4-2)12-10(15)8(11)5-6-9(13)14/h1,7-8H,4-6,11H2,2H3,(H,12,15)(H,13,14). The van der Waals surface area contributed by atoms with Crippen molar-refractivity contribution in [3.8, 4) is 12.3 Å². The van der Waals surface area contributed by atoms with Crippen molar-refractivity contribution in [2.45, 2.75) is 38.3 Å². The maximum Gasteiger partial charge on any atom is 0.303 e. The van der Waals surface area contributed by atoms with Crippen molar-refractivity contribution in [1.29, 1.82) is 0 Å². The second-order valence-corrected chi connectivity index (χ2v) is 3.17. The summed E-state index contributed by atoms with van der Waals surface area (Å²) < 4.78 is 0. The second-order valence-electron chi connectivity index (χ2n) is 3.17. The van der Waals surface area contributed by atoms with Gasteiger partial charge >= 0.3 is 5.97 Å². The first-order chi connectivity index (χ1) is 7.01. The van der Waals surface area contributed by atoms with E-state index in [1.165, 1.54) is 0 Å². The van der Waals surface area contributed by atoms with Crippen LogP contribution in [0.25, 0.3) is 0 Å². The molecule has 0 aromatic rings. The van der Waals surface area contributed by atoms with E-state index in [0.717, 1.165) is 0 Å². The molecular weight excluding hydrogens is 196 g/mol. The molecule has 0 aromatic heterocycles. The van der Waals surface area contributed by atoms with Crippen LogP contribution in [-0.4, -0.2) is 29.1 Å². The third kappa shape index (κ3) is 5.70. The number of terminal acetylenes is 1.